The lowest BCUT2D eigenvalue weighted by molar-refractivity contribution is 0.0462. The van der Waals surface area contributed by atoms with Crippen molar-refractivity contribution in [2.24, 2.45) is 7.05 Å². The van der Waals surface area contributed by atoms with Crippen molar-refractivity contribution in [3.05, 3.63) is 34.1 Å². The Balaban J connectivity index is 2.03. The molecule has 94 valence electrons. The highest BCUT2D eigenvalue weighted by atomic mass is 79.9. The summed E-state index contributed by atoms with van der Waals surface area (Å²) in [6.07, 6.45) is 0. The second-order valence-corrected chi connectivity index (χ2v) is 4.46. The van der Waals surface area contributed by atoms with Crippen LogP contribution in [0.25, 0.3) is 0 Å². The number of rotatable bonds is 3. The summed E-state index contributed by atoms with van der Waals surface area (Å²) in [5, 5.41) is 11.2. The van der Waals surface area contributed by atoms with Crippen molar-refractivity contribution in [2.45, 2.75) is 6.61 Å². The number of aryl methyl sites for hydroxylation is 1. The molecule has 0 unspecified atom stereocenters. The number of hydrogen-bond acceptors (Lipinski definition) is 6. The first-order chi connectivity index (χ1) is 8.54. The first-order valence-electron chi connectivity index (χ1n) is 5.00. The summed E-state index contributed by atoms with van der Waals surface area (Å²) in [4.78, 5) is 13.0. The third kappa shape index (κ3) is 3.04. The molecule has 2 N–H and O–H groups in total. The van der Waals surface area contributed by atoms with Gasteiger partial charge in [-0.1, -0.05) is 15.9 Å². The van der Waals surface area contributed by atoms with Crippen molar-refractivity contribution in [1.82, 2.24) is 20.2 Å². The number of carbonyl (C=O) groups is 1. The van der Waals surface area contributed by atoms with Gasteiger partial charge < -0.3 is 10.5 Å². The number of benzene rings is 1. The third-order valence-corrected chi connectivity index (χ3v) is 2.50. The van der Waals surface area contributed by atoms with E-state index >= 15 is 0 Å². The molecule has 8 heteroatoms. The Labute approximate surface area is 111 Å². The lowest BCUT2D eigenvalue weighted by atomic mass is 10.2. The van der Waals surface area contributed by atoms with Gasteiger partial charge in [0.15, 0.2) is 6.61 Å². The van der Waals surface area contributed by atoms with Gasteiger partial charge in [-0.05, 0) is 23.4 Å². The van der Waals surface area contributed by atoms with E-state index in [9.17, 15) is 4.79 Å². The summed E-state index contributed by atoms with van der Waals surface area (Å²) in [7, 11) is 1.63. The lowest BCUT2D eigenvalue weighted by Crippen LogP contribution is -2.07. The van der Waals surface area contributed by atoms with Crippen LogP contribution >= 0.6 is 15.9 Å². The van der Waals surface area contributed by atoms with E-state index in [1.54, 1.807) is 19.2 Å². The molecule has 0 radical (unpaired) electrons. The molecule has 0 spiro atoms. The van der Waals surface area contributed by atoms with E-state index in [1.807, 2.05) is 0 Å². The average molecular weight is 312 g/mol. The molecule has 18 heavy (non-hydrogen) atoms. The molecule has 0 saturated heterocycles. The van der Waals surface area contributed by atoms with Gasteiger partial charge in [-0.3, -0.25) is 0 Å². The Kier molecular flexibility index (Phi) is 3.56. The quantitative estimate of drug-likeness (QED) is 0.668. The molecular weight excluding hydrogens is 302 g/mol. The molecule has 0 bridgehead atoms. The maximum absolute atomic E-state index is 11.7. The largest absolute Gasteiger partial charge is 0.454 e. The van der Waals surface area contributed by atoms with Crippen LogP contribution in [-0.2, 0) is 18.4 Å². The van der Waals surface area contributed by atoms with Crippen molar-refractivity contribution in [1.29, 1.82) is 0 Å². The standard InChI is InChI=1S/C10H10BrN5O2/c1-16-14-9(13-15-16)5-18-10(17)6-2-7(11)4-8(12)3-6/h2-4H,5,12H2,1H3. The summed E-state index contributed by atoms with van der Waals surface area (Å²) in [6.45, 7) is -0.0287. The minimum atomic E-state index is -0.490. The molecule has 2 aromatic rings. The van der Waals surface area contributed by atoms with E-state index in [0.717, 1.165) is 0 Å². The van der Waals surface area contributed by atoms with Crippen LogP contribution in [0.15, 0.2) is 22.7 Å². The van der Waals surface area contributed by atoms with Gasteiger partial charge >= 0.3 is 5.97 Å². The molecule has 0 amide bonds. The monoisotopic (exact) mass is 311 g/mol. The molecule has 0 saturated carbocycles. The number of nitrogens with zero attached hydrogens (tertiary/aromatic N) is 4. The van der Waals surface area contributed by atoms with Crippen LogP contribution in [0.3, 0.4) is 0 Å². The van der Waals surface area contributed by atoms with Gasteiger partial charge in [0, 0.05) is 10.2 Å². The SMILES string of the molecule is Cn1nnc(COC(=O)c2cc(N)cc(Br)c2)n1. The Morgan fingerprint density at radius 1 is 1.50 bits per heavy atom. The number of ether oxygens (including phenoxy) is 1. The van der Waals surface area contributed by atoms with E-state index in [-0.39, 0.29) is 6.61 Å². The summed E-state index contributed by atoms with van der Waals surface area (Å²) < 4.78 is 5.76. The highest BCUT2D eigenvalue weighted by molar-refractivity contribution is 9.10. The normalized spacial score (nSPS) is 10.3. The molecule has 0 aliphatic carbocycles. The fourth-order valence-electron chi connectivity index (χ4n) is 1.32. The van der Waals surface area contributed by atoms with E-state index in [2.05, 4.69) is 31.3 Å². The van der Waals surface area contributed by atoms with E-state index in [0.29, 0.717) is 21.5 Å². The number of aromatic nitrogens is 4. The summed E-state index contributed by atoms with van der Waals surface area (Å²) in [6, 6.07) is 4.86. The summed E-state index contributed by atoms with van der Waals surface area (Å²) >= 11 is 3.25. The highest BCUT2D eigenvalue weighted by Gasteiger charge is 2.10. The number of halogens is 1. The molecule has 0 fully saturated rings. The average Bonchev–Trinajstić information content (AvgIpc) is 2.70. The van der Waals surface area contributed by atoms with E-state index < -0.39 is 5.97 Å². The zero-order valence-electron chi connectivity index (χ0n) is 9.50. The summed E-state index contributed by atoms with van der Waals surface area (Å²) in [5.41, 5.74) is 6.48. The Morgan fingerprint density at radius 3 is 2.89 bits per heavy atom. The van der Waals surface area contributed by atoms with Crippen LogP contribution in [0.1, 0.15) is 16.2 Å². The van der Waals surface area contributed by atoms with Crippen molar-refractivity contribution in [3.8, 4) is 0 Å². The molecule has 7 nitrogen and oxygen atoms in total. The molecule has 2 rings (SSSR count). The Bertz CT molecular complexity index is 563. The van der Waals surface area contributed by atoms with Crippen molar-refractivity contribution < 1.29 is 9.53 Å². The maximum atomic E-state index is 11.7. The predicted molar refractivity (Wildman–Crippen MR) is 66.5 cm³/mol. The minimum absolute atomic E-state index is 0.0287. The van der Waals surface area contributed by atoms with Crippen LogP contribution in [-0.4, -0.2) is 26.2 Å². The van der Waals surface area contributed by atoms with Crippen molar-refractivity contribution in [2.75, 3.05) is 5.73 Å². The first kappa shape index (κ1) is 12.5. The van der Waals surface area contributed by atoms with Gasteiger partial charge in [-0.15, -0.1) is 10.2 Å². The van der Waals surface area contributed by atoms with Gasteiger partial charge in [0.25, 0.3) is 0 Å². The first-order valence-corrected chi connectivity index (χ1v) is 5.80. The number of esters is 1. The van der Waals surface area contributed by atoms with Crippen LogP contribution in [0.5, 0.6) is 0 Å². The van der Waals surface area contributed by atoms with Gasteiger partial charge in [-0.2, -0.15) is 4.80 Å². The number of hydrogen-bond donors (Lipinski definition) is 1. The number of carbonyl (C=O) groups excluding carboxylic acids is 1. The molecule has 0 aliphatic rings. The Hall–Kier alpha value is -1.96. The van der Waals surface area contributed by atoms with Gasteiger partial charge in [0.1, 0.15) is 0 Å². The second kappa shape index (κ2) is 5.13. The van der Waals surface area contributed by atoms with Crippen LogP contribution in [0, 0.1) is 0 Å². The smallest absolute Gasteiger partial charge is 0.338 e. The molecule has 0 aliphatic heterocycles. The number of nitrogens with two attached hydrogens (primary N) is 1. The number of tetrazole rings is 1. The number of nitrogen functional groups attached to an aromatic ring is 1. The highest BCUT2D eigenvalue weighted by Crippen LogP contribution is 2.18. The fraction of sp³-hybridized carbons (Fsp3) is 0.200. The topological polar surface area (TPSA) is 95.9 Å². The van der Waals surface area contributed by atoms with Crippen LogP contribution in [0.4, 0.5) is 5.69 Å². The maximum Gasteiger partial charge on any atom is 0.338 e. The number of anilines is 1. The van der Waals surface area contributed by atoms with Crippen LogP contribution in [0.2, 0.25) is 0 Å². The lowest BCUT2D eigenvalue weighted by Gasteiger charge is -2.03. The second-order valence-electron chi connectivity index (χ2n) is 3.54. The molecule has 1 heterocycles. The third-order valence-electron chi connectivity index (χ3n) is 2.04. The van der Waals surface area contributed by atoms with Gasteiger partial charge in [0.05, 0.1) is 12.6 Å². The van der Waals surface area contributed by atoms with Gasteiger partial charge in [-0.25, -0.2) is 4.79 Å². The minimum Gasteiger partial charge on any atom is -0.454 e. The van der Waals surface area contributed by atoms with Gasteiger partial charge in [0.2, 0.25) is 5.82 Å². The fourth-order valence-corrected chi connectivity index (χ4v) is 1.84. The molecule has 0 atom stereocenters. The van der Waals surface area contributed by atoms with Crippen molar-refractivity contribution in [3.63, 3.8) is 0 Å². The van der Waals surface area contributed by atoms with Crippen molar-refractivity contribution >= 4 is 27.6 Å². The summed E-state index contributed by atoms with van der Waals surface area (Å²) in [5.74, 6) is -0.149. The predicted octanol–water partition coefficient (Wildman–Crippen LogP) is 0.912. The van der Waals surface area contributed by atoms with Crippen LogP contribution < -0.4 is 5.73 Å². The molecule has 1 aromatic carbocycles. The van der Waals surface area contributed by atoms with E-state index in [1.165, 1.54) is 10.9 Å². The zero-order valence-corrected chi connectivity index (χ0v) is 11.1. The molecular formula is C10H10BrN5O2. The zero-order chi connectivity index (χ0) is 13.1. The Morgan fingerprint density at radius 2 is 2.28 bits per heavy atom. The van der Waals surface area contributed by atoms with E-state index in [4.69, 9.17) is 10.5 Å². The molecule has 1 aromatic heterocycles.